The largest absolute Gasteiger partial charge is 0.331 e. The molecular formula is C12H16F2OSi. The Morgan fingerprint density at radius 3 is 2.25 bits per heavy atom. The van der Waals surface area contributed by atoms with Gasteiger partial charge in [-0.3, -0.25) is 0 Å². The Bertz CT molecular complexity index is 361. The molecule has 0 amide bonds. The predicted molar refractivity (Wildman–Crippen MR) is 64.9 cm³/mol. The fourth-order valence-electron chi connectivity index (χ4n) is 1.23. The molecule has 0 atom stereocenters. The summed E-state index contributed by atoms with van der Waals surface area (Å²) in [6, 6.07) is 9.41. The molecule has 1 rings (SSSR count). The zero-order valence-corrected chi connectivity index (χ0v) is 10.7. The molecular weight excluding hydrogens is 226 g/mol. The van der Waals surface area contributed by atoms with Crippen molar-refractivity contribution in [3.05, 3.63) is 41.6 Å². The van der Waals surface area contributed by atoms with Crippen molar-refractivity contribution in [2.75, 3.05) is 7.11 Å². The lowest BCUT2D eigenvalue weighted by molar-refractivity contribution is -0.158. The molecule has 0 unspecified atom stereocenters. The minimum Gasteiger partial charge on any atom is -0.328 e. The van der Waals surface area contributed by atoms with Crippen LogP contribution in [0.2, 0.25) is 13.1 Å². The highest BCUT2D eigenvalue weighted by Crippen LogP contribution is 2.29. The molecule has 0 saturated carbocycles. The van der Waals surface area contributed by atoms with Crippen LogP contribution in [0.25, 0.3) is 6.08 Å². The molecule has 0 aliphatic carbocycles. The Morgan fingerprint density at radius 2 is 1.75 bits per heavy atom. The molecule has 0 radical (unpaired) electrons. The maximum absolute atomic E-state index is 13.4. The minimum absolute atomic E-state index is 0.926. The molecule has 1 aromatic rings. The summed E-state index contributed by atoms with van der Waals surface area (Å²) in [5, 5.41) is 0. The molecule has 0 aliphatic rings. The Balaban J connectivity index is 2.85. The second-order valence-corrected chi connectivity index (χ2v) is 8.55. The zero-order chi connectivity index (χ0) is 12.2. The van der Waals surface area contributed by atoms with Gasteiger partial charge < -0.3 is 4.74 Å². The zero-order valence-electron chi connectivity index (χ0n) is 9.71. The lowest BCUT2D eigenvalue weighted by Gasteiger charge is -2.27. The summed E-state index contributed by atoms with van der Waals surface area (Å²) in [6.45, 7) is 3.16. The quantitative estimate of drug-likeness (QED) is 0.731. The number of methoxy groups -OCH3 is 1. The lowest BCUT2D eigenvalue weighted by Crippen LogP contribution is -2.47. The number of benzene rings is 1. The van der Waals surface area contributed by atoms with Crippen molar-refractivity contribution in [1.82, 2.24) is 0 Å². The number of rotatable bonds is 4. The number of ether oxygens (including phenoxy) is 1. The second kappa shape index (κ2) is 4.89. The van der Waals surface area contributed by atoms with Gasteiger partial charge in [0.25, 0.3) is 0 Å². The second-order valence-electron chi connectivity index (χ2n) is 4.19. The van der Waals surface area contributed by atoms with Gasteiger partial charge >= 0.3 is 5.73 Å². The van der Waals surface area contributed by atoms with E-state index in [4.69, 9.17) is 0 Å². The molecule has 1 aromatic carbocycles. The van der Waals surface area contributed by atoms with Gasteiger partial charge in [0.15, 0.2) is 8.07 Å². The van der Waals surface area contributed by atoms with Crippen LogP contribution >= 0.6 is 0 Å². The molecule has 0 aliphatic heterocycles. The average molecular weight is 242 g/mol. The molecule has 0 saturated heterocycles. The van der Waals surface area contributed by atoms with Crippen LogP contribution in [0.1, 0.15) is 5.56 Å². The third-order valence-corrected chi connectivity index (χ3v) is 5.20. The Hall–Kier alpha value is -1.00. The normalized spacial score (nSPS) is 13.3. The first-order valence-electron chi connectivity index (χ1n) is 5.06. The summed E-state index contributed by atoms with van der Waals surface area (Å²) in [6.07, 6.45) is 1.74. The van der Waals surface area contributed by atoms with E-state index in [9.17, 15) is 8.78 Å². The highest BCUT2D eigenvalue weighted by Gasteiger charge is 2.47. The molecule has 0 heterocycles. The molecule has 88 valence electrons. The van der Waals surface area contributed by atoms with Gasteiger partial charge in [0.2, 0.25) is 0 Å². The first-order valence-corrected chi connectivity index (χ1v) is 8.14. The highest BCUT2D eigenvalue weighted by molar-refractivity contribution is 6.84. The fraction of sp³-hybridized carbons (Fsp3) is 0.333. The molecule has 0 N–H and O–H groups in total. The van der Waals surface area contributed by atoms with Gasteiger partial charge in [-0.2, -0.15) is 8.78 Å². The van der Waals surface area contributed by atoms with E-state index in [1.54, 1.807) is 24.9 Å². The first-order chi connectivity index (χ1) is 7.39. The van der Waals surface area contributed by atoms with Crippen LogP contribution in [0.4, 0.5) is 8.78 Å². The third kappa shape index (κ3) is 2.99. The molecule has 16 heavy (non-hydrogen) atoms. The summed E-state index contributed by atoms with van der Waals surface area (Å²) in [7, 11) is -1.80. The van der Waals surface area contributed by atoms with E-state index in [1.165, 1.54) is 0 Å². The Labute approximate surface area is 95.8 Å². The predicted octanol–water partition coefficient (Wildman–Crippen LogP) is 3.73. The Morgan fingerprint density at radius 1 is 1.19 bits per heavy atom. The van der Waals surface area contributed by atoms with E-state index in [1.807, 2.05) is 30.3 Å². The van der Waals surface area contributed by atoms with Crippen molar-refractivity contribution in [1.29, 1.82) is 0 Å². The van der Waals surface area contributed by atoms with Crippen molar-refractivity contribution in [3.63, 3.8) is 0 Å². The van der Waals surface area contributed by atoms with Gasteiger partial charge in [-0.25, -0.2) is 0 Å². The van der Waals surface area contributed by atoms with Crippen LogP contribution < -0.4 is 0 Å². The fourth-order valence-corrected chi connectivity index (χ4v) is 2.56. The topological polar surface area (TPSA) is 9.23 Å². The molecule has 0 spiro atoms. The standard InChI is InChI=1S/C12H16F2OSi/c1-15-12(13,14)16(2,3)10-9-11-7-5-4-6-8-11/h4-10H,1-3H3. The van der Waals surface area contributed by atoms with Gasteiger partial charge in [0.05, 0.1) is 0 Å². The van der Waals surface area contributed by atoms with Gasteiger partial charge in [0, 0.05) is 7.11 Å². The summed E-state index contributed by atoms with van der Waals surface area (Å²) in [5.74, 6) is 0. The highest BCUT2D eigenvalue weighted by atomic mass is 28.3. The summed E-state index contributed by atoms with van der Waals surface area (Å²) in [4.78, 5) is 0. The molecule has 0 bridgehead atoms. The first kappa shape index (κ1) is 13.1. The van der Waals surface area contributed by atoms with Crippen molar-refractivity contribution in [2.24, 2.45) is 0 Å². The monoisotopic (exact) mass is 242 g/mol. The number of hydrogen-bond donors (Lipinski definition) is 0. The van der Waals surface area contributed by atoms with Crippen molar-refractivity contribution in [3.8, 4) is 0 Å². The average Bonchev–Trinajstić information content (AvgIpc) is 2.27. The van der Waals surface area contributed by atoms with Gasteiger partial charge in [-0.1, -0.05) is 55.2 Å². The van der Waals surface area contributed by atoms with Crippen molar-refractivity contribution < 1.29 is 13.5 Å². The van der Waals surface area contributed by atoms with E-state index in [0.717, 1.165) is 12.7 Å². The maximum atomic E-state index is 13.4. The maximum Gasteiger partial charge on any atom is 0.331 e. The van der Waals surface area contributed by atoms with Crippen LogP contribution in [0.3, 0.4) is 0 Å². The van der Waals surface area contributed by atoms with E-state index >= 15 is 0 Å². The number of halogens is 2. The van der Waals surface area contributed by atoms with Crippen LogP contribution in [-0.4, -0.2) is 20.9 Å². The minimum atomic E-state index is -3.03. The van der Waals surface area contributed by atoms with E-state index in [2.05, 4.69) is 4.74 Å². The van der Waals surface area contributed by atoms with Crippen LogP contribution in [-0.2, 0) is 4.74 Å². The number of alkyl halides is 2. The Kier molecular flexibility index (Phi) is 3.99. The SMILES string of the molecule is COC(F)(F)[Si](C)(C)C=Cc1ccccc1. The van der Waals surface area contributed by atoms with E-state index < -0.39 is 13.8 Å². The summed E-state index contributed by atoms with van der Waals surface area (Å²) in [5.41, 5.74) is -0.501. The van der Waals surface area contributed by atoms with E-state index in [0.29, 0.717) is 0 Å². The van der Waals surface area contributed by atoms with Crippen LogP contribution in [0.15, 0.2) is 36.0 Å². The lowest BCUT2D eigenvalue weighted by atomic mass is 10.2. The van der Waals surface area contributed by atoms with Crippen LogP contribution in [0.5, 0.6) is 0 Å². The van der Waals surface area contributed by atoms with E-state index in [-0.39, 0.29) is 0 Å². The smallest absolute Gasteiger partial charge is 0.328 e. The third-order valence-electron chi connectivity index (χ3n) is 2.50. The van der Waals surface area contributed by atoms with Gasteiger partial charge in [0.1, 0.15) is 0 Å². The molecule has 4 heteroatoms. The van der Waals surface area contributed by atoms with Crippen LogP contribution in [0, 0.1) is 0 Å². The van der Waals surface area contributed by atoms with Gasteiger partial charge in [-0.15, -0.1) is 0 Å². The van der Waals surface area contributed by atoms with Crippen molar-refractivity contribution >= 4 is 14.1 Å². The van der Waals surface area contributed by atoms with Crippen molar-refractivity contribution in [2.45, 2.75) is 18.8 Å². The van der Waals surface area contributed by atoms with Gasteiger partial charge in [-0.05, 0) is 5.56 Å². The molecule has 1 nitrogen and oxygen atoms in total. The number of hydrogen-bond acceptors (Lipinski definition) is 1. The summed E-state index contributed by atoms with van der Waals surface area (Å²) < 4.78 is 31.1. The summed E-state index contributed by atoms with van der Waals surface area (Å²) >= 11 is 0. The molecule has 0 fully saturated rings. The molecule has 0 aromatic heterocycles.